The Morgan fingerprint density at radius 1 is 1.22 bits per heavy atom. The van der Waals surface area contributed by atoms with Gasteiger partial charge in [0.15, 0.2) is 0 Å². The summed E-state index contributed by atoms with van der Waals surface area (Å²) in [5.74, 6) is 0.0689. The molecule has 0 atom stereocenters. The molecule has 0 amide bonds. The van der Waals surface area contributed by atoms with Crippen LogP contribution in [0.25, 0.3) is 22.4 Å². The first kappa shape index (κ1) is 15.3. The van der Waals surface area contributed by atoms with Gasteiger partial charge in [-0.25, -0.2) is 4.98 Å². The molecule has 3 aromatic rings. The van der Waals surface area contributed by atoms with E-state index in [1.807, 2.05) is 25.1 Å². The van der Waals surface area contributed by atoms with Gasteiger partial charge in [-0.3, -0.25) is 4.79 Å². The minimum atomic E-state index is -0.348. The second kappa shape index (κ2) is 6.26. The summed E-state index contributed by atoms with van der Waals surface area (Å²) >= 11 is 5.93. The average molecular weight is 327 g/mol. The lowest BCUT2D eigenvalue weighted by Crippen LogP contribution is -2.15. The fourth-order valence-electron chi connectivity index (χ4n) is 2.48. The van der Waals surface area contributed by atoms with Crippen molar-refractivity contribution in [3.8, 4) is 0 Å². The molecule has 0 aliphatic heterocycles. The highest BCUT2D eigenvalue weighted by Gasteiger charge is 2.15. The Bertz CT molecular complexity index is 946. The van der Waals surface area contributed by atoms with Crippen LogP contribution in [0.15, 0.2) is 53.3 Å². The van der Waals surface area contributed by atoms with E-state index in [-0.39, 0.29) is 17.0 Å². The van der Waals surface area contributed by atoms with Gasteiger partial charge in [-0.1, -0.05) is 48.9 Å². The van der Waals surface area contributed by atoms with Crippen LogP contribution in [0, 0.1) is 0 Å². The number of hydrogen-bond donors (Lipinski definition) is 2. The molecule has 2 aromatic carbocycles. The van der Waals surface area contributed by atoms with E-state index in [2.05, 4.69) is 9.97 Å². The molecule has 0 saturated carbocycles. The molecular formula is C18H15ClN2O2. The molecule has 23 heavy (non-hydrogen) atoms. The van der Waals surface area contributed by atoms with Crippen molar-refractivity contribution in [3.63, 3.8) is 0 Å². The first-order valence-corrected chi connectivity index (χ1v) is 7.65. The number of aromatic amines is 1. The second-order valence-electron chi connectivity index (χ2n) is 5.12. The molecule has 0 unspecified atom stereocenters. The number of aliphatic hydroxyl groups is 1. The van der Waals surface area contributed by atoms with Gasteiger partial charge in [0.25, 0.3) is 5.56 Å². The standard InChI is InChI=1S/C18H15ClN2O2/c1-2-13(17(22)11-6-4-3-5-7-11)16-18(23)21-15-10-12(19)8-9-14(15)20-16/h3-10,22H,2H2,1H3,(H,21,23). The summed E-state index contributed by atoms with van der Waals surface area (Å²) < 4.78 is 0. The Labute approximate surface area is 138 Å². The third kappa shape index (κ3) is 2.98. The van der Waals surface area contributed by atoms with Crippen LogP contribution in [0.3, 0.4) is 0 Å². The van der Waals surface area contributed by atoms with Gasteiger partial charge in [0.2, 0.25) is 0 Å². The van der Waals surface area contributed by atoms with E-state index in [1.165, 1.54) is 0 Å². The minimum Gasteiger partial charge on any atom is -0.507 e. The average Bonchev–Trinajstić information content (AvgIpc) is 2.56. The quantitative estimate of drug-likeness (QED) is 0.700. The predicted molar refractivity (Wildman–Crippen MR) is 93.5 cm³/mol. The second-order valence-corrected chi connectivity index (χ2v) is 5.56. The Hall–Kier alpha value is -2.59. The number of nitrogens with zero attached hydrogens (tertiary/aromatic N) is 1. The number of aromatic nitrogens is 2. The van der Waals surface area contributed by atoms with Crippen molar-refractivity contribution in [1.82, 2.24) is 9.97 Å². The summed E-state index contributed by atoms with van der Waals surface area (Å²) in [6.07, 6.45) is 0.482. The first-order chi connectivity index (χ1) is 11.1. The van der Waals surface area contributed by atoms with Gasteiger partial charge in [-0.15, -0.1) is 0 Å². The molecule has 2 N–H and O–H groups in total. The molecule has 1 aromatic heterocycles. The van der Waals surface area contributed by atoms with Crippen LogP contribution in [-0.2, 0) is 0 Å². The molecule has 4 nitrogen and oxygen atoms in total. The predicted octanol–water partition coefficient (Wildman–Crippen LogP) is 4.41. The van der Waals surface area contributed by atoms with Crippen LogP contribution in [0.2, 0.25) is 5.02 Å². The Balaban J connectivity index is 2.23. The number of hydrogen-bond acceptors (Lipinski definition) is 3. The van der Waals surface area contributed by atoms with Gasteiger partial charge in [-0.05, 0) is 24.6 Å². The molecule has 5 heteroatoms. The number of benzene rings is 2. The van der Waals surface area contributed by atoms with Crippen LogP contribution in [0.4, 0.5) is 0 Å². The molecular weight excluding hydrogens is 312 g/mol. The summed E-state index contributed by atoms with van der Waals surface area (Å²) in [6.45, 7) is 1.88. The summed E-state index contributed by atoms with van der Waals surface area (Å²) in [4.78, 5) is 19.6. The number of nitrogens with one attached hydrogen (secondary N) is 1. The lowest BCUT2D eigenvalue weighted by Gasteiger charge is -2.09. The van der Waals surface area contributed by atoms with Crippen molar-refractivity contribution in [1.29, 1.82) is 0 Å². The maximum absolute atomic E-state index is 12.4. The number of allylic oxidation sites excluding steroid dienone is 1. The lowest BCUT2D eigenvalue weighted by molar-refractivity contribution is 0.512. The van der Waals surface area contributed by atoms with Crippen molar-refractivity contribution < 1.29 is 5.11 Å². The third-order valence-corrected chi connectivity index (χ3v) is 3.86. The minimum absolute atomic E-state index is 0.0689. The maximum atomic E-state index is 12.4. The topological polar surface area (TPSA) is 66.0 Å². The molecule has 0 radical (unpaired) electrons. The summed E-state index contributed by atoms with van der Waals surface area (Å²) in [5, 5.41) is 11.1. The van der Waals surface area contributed by atoms with Crippen molar-refractivity contribution in [2.24, 2.45) is 0 Å². The largest absolute Gasteiger partial charge is 0.507 e. The summed E-state index contributed by atoms with van der Waals surface area (Å²) in [5.41, 5.74) is 2.23. The molecule has 116 valence electrons. The van der Waals surface area contributed by atoms with Crippen molar-refractivity contribution >= 4 is 34.0 Å². The smallest absolute Gasteiger partial charge is 0.274 e. The maximum Gasteiger partial charge on any atom is 0.274 e. The van der Waals surface area contributed by atoms with Crippen molar-refractivity contribution in [2.75, 3.05) is 0 Å². The molecule has 0 saturated heterocycles. The number of fused-ring (bicyclic) bond motifs is 1. The lowest BCUT2D eigenvalue weighted by atomic mass is 10.0. The number of halogens is 1. The van der Waals surface area contributed by atoms with Crippen LogP contribution in [0.5, 0.6) is 0 Å². The molecule has 0 bridgehead atoms. The van der Waals surface area contributed by atoms with Crippen LogP contribution < -0.4 is 5.56 Å². The molecule has 0 aliphatic rings. The number of H-pyrrole nitrogens is 1. The zero-order chi connectivity index (χ0) is 16.4. The van der Waals surface area contributed by atoms with Crippen molar-refractivity contribution in [3.05, 3.63) is 75.2 Å². The van der Waals surface area contributed by atoms with Crippen LogP contribution in [-0.4, -0.2) is 15.1 Å². The highest BCUT2D eigenvalue weighted by atomic mass is 35.5. The van der Waals surface area contributed by atoms with E-state index in [9.17, 15) is 9.90 Å². The van der Waals surface area contributed by atoms with Gasteiger partial charge in [0.1, 0.15) is 11.5 Å². The first-order valence-electron chi connectivity index (χ1n) is 7.27. The van der Waals surface area contributed by atoms with Gasteiger partial charge >= 0.3 is 0 Å². The SMILES string of the molecule is CCC(=C(O)c1ccccc1)c1nc2ccc(Cl)cc2[nH]c1=O. The Kier molecular flexibility index (Phi) is 4.17. The molecule has 0 spiro atoms. The zero-order valence-corrected chi connectivity index (χ0v) is 13.3. The fourth-order valence-corrected chi connectivity index (χ4v) is 2.65. The van der Waals surface area contributed by atoms with Crippen LogP contribution in [0.1, 0.15) is 24.6 Å². The molecule has 0 fully saturated rings. The highest BCUT2D eigenvalue weighted by molar-refractivity contribution is 6.31. The fraction of sp³-hybridized carbons (Fsp3) is 0.111. The van der Waals surface area contributed by atoms with E-state index in [4.69, 9.17) is 11.6 Å². The molecule has 1 heterocycles. The van der Waals surface area contributed by atoms with Gasteiger partial charge < -0.3 is 10.1 Å². The number of aliphatic hydroxyl groups excluding tert-OH is 1. The van der Waals surface area contributed by atoms with Gasteiger partial charge in [0.05, 0.1) is 11.0 Å². The normalized spacial score (nSPS) is 12.3. The molecule has 3 rings (SSSR count). The van der Waals surface area contributed by atoms with Gasteiger partial charge in [0, 0.05) is 16.2 Å². The van der Waals surface area contributed by atoms with Crippen molar-refractivity contribution in [2.45, 2.75) is 13.3 Å². The highest BCUT2D eigenvalue weighted by Crippen LogP contribution is 2.25. The van der Waals surface area contributed by atoms with Gasteiger partial charge in [-0.2, -0.15) is 0 Å². The summed E-state index contributed by atoms with van der Waals surface area (Å²) in [6, 6.07) is 14.2. The van der Waals surface area contributed by atoms with E-state index < -0.39 is 0 Å². The van der Waals surface area contributed by atoms with Crippen LogP contribution >= 0.6 is 11.6 Å². The number of rotatable bonds is 3. The van der Waals surface area contributed by atoms with E-state index in [0.29, 0.717) is 33.6 Å². The Morgan fingerprint density at radius 2 is 1.96 bits per heavy atom. The Morgan fingerprint density at radius 3 is 2.65 bits per heavy atom. The summed E-state index contributed by atoms with van der Waals surface area (Å²) in [7, 11) is 0. The zero-order valence-electron chi connectivity index (χ0n) is 12.5. The monoisotopic (exact) mass is 326 g/mol. The third-order valence-electron chi connectivity index (χ3n) is 3.63. The van der Waals surface area contributed by atoms with E-state index in [0.717, 1.165) is 0 Å². The molecule has 0 aliphatic carbocycles. The van der Waals surface area contributed by atoms with E-state index >= 15 is 0 Å². The van der Waals surface area contributed by atoms with E-state index in [1.54, 1.807) is 30.3 Å².